The normalized spacial score (nSPS) is 20.5. The van der Waals surface area contributed by atoms with Crippen LogP contribution in [0, 0.1) is 11.7 Å². The first-order valence-corrected chi connectivity index (χ1v) is 5.44. The summed E-state index contributed by atoms with van der Waals surface area (Å²) < 4.78 is 18.1. The molecule has 0 aromatic heterocycles. The molecule has 1 aliphatic heterocycles. The van der Waals surface area contributed by atoms with Gasteiger partial charge in [0, 0.05) is 0 Å². The lowest BCUT2D eigenvalue weighted by Gasteiger charge is -2.09. The molecular weight excluding hydrogens is 193 g/mol. The Morgan fingerprint density at radius 3 is 2.80 bits per heavy atom. The van der Waals surface area contributed by atoms with E-state index in [0.717, 1.165) is 37.8 Å². The van der Waals surface area contributed by atoms with E-state index in [-0.39, 0.29) is 5.82 Å². The van der Waals surface area contributed by atoms with E-state index in [2.05, 4.69) is 5.32 Å². The third kappa shape index (κ3) is 3.20. The number of halogens is 1. The Labute approximate surface area is 89.4 Å². The van der Waals surface area contributed by atoms with Crippen molar-refractivity contribution in [2.45, 2.75) is 12.8 Å². The molecule has 2 rings (SSSR count). The molecule has 1 N–H and O–H groups in total. The average Bonchev–Trinajstić information content (AvgIpc) is 2.74. The predicted molar refractivity (Wildman–Crippen MR) is 57.5 cm³/mol. The topological polar surface area (TPSA) is 21.3 Å². The van der Waals surface area contributed by atoms with Crippen LogP contribution in [0.3, 0.4) is 0 Å². The van der Waals surface area contributed by atoms with E-state index in [1.54, 1.807) is 12.1 Å². The molecule has 0 aliphatic carbocycles. The summed E-state index contributed by atoms with van der Waals surface area (Å²) >= 11 is 0. The Morgan fingerprint density at radius 2 is 2.13 bits per heavy atom. The Morgan fingerprint density at radius 1 is 1.33 bits per heavy atom. The molecule has 2 nitrogen and oxygen atoms in total. The fraction of sp³-hybridized carbons (Fsp3) is 0.500. The molecule has 1 heterocycles. The van der Waals surface area contributed by atoms with E-state index in [0.29, 0.717) is 0 Å². The molecule has 0 radical (unpaired) electrons. The molecule has 0 bridgehead atoms. The van der Waals surface area contributed by atoms with E-state index in [4.69, 9.17) is 4.74 Å². The third-order valence-electron chi connectivity index (χ3n) is 2.77. The maximum atomic E-state index is 12.6. The lowest BCUT2D eigenvalue weighted by Crippen LogP contribution is -2.11. The second kappa shape index (κ2) is 5.12. The fourth-order valence-electron chi connectivity index (χ4n) is 1.84. The highest BCUT2D eigenvalue weighted by Crippen LogP contribution is 2.15. The molecule has 82 valence electrons. The monoisotopic (exact) mass is 209 g/mol. The van der Waals surface area contributed by atoms with Crippen molar-refractivity contribution in [3.8, 4) is 5.75 Å². The summed E-state index contributed by atoms with van der Waals surface area (Å²) in [6.07, 6.45) is 2.32. The summed E-state index contributed by atoms with van der Waals surface area (Å²) in [5, 5.41) is 3.32. The SMILES string of the molecule is Fc1ccc(OCCC2CCNC2)cc1. The van der Waals surface area contributed by atoms with Gasteiger partial charge in [-0.3, -0.25) is 0 Å². The molecule has 1 atom stereocenters. The minimum absolute atomic E-state index is 0.220. The molecule has 1 fully saturated rings. The minimum Gasteiger partial charge on any atom is -0.494 e. The van der Waals surface area contributed by atoms with Gasteiger partial charge in [-0.1, -0.05) is 0 Å². The van der Waals surface area contributed by atoms with E-state index >= 15 is 0 Å². The van der Waals surface area contributed by atoms with Gasteiger partial charge >= 0.3 is 0 Å². The van der Waals surface area contributed by atoms with Crippen molar-refractivity contribution in [3.05, 3.63) is 30.1 Å². The summed E-state index contributed by atoms with van der Waals surface area (Å²) in [5.41, 5.74) is 0. The van der Waals surface area contributed by atoms with Crippen LogP contribution in [0.2, 0.25) is 0 Å². The van der Waals surface area contributed by atoms with E-state index < -0.39 is 0 Å². The van der Waals surface area contributed by atoms with Gasteiger partial charge in [0.05, 0.1) is 6.61 Å². The summed E-state index contributed by atoms with van der Waals surface area (Å²) in [7, 11) is 0. The van der Waals surface area contributed by atoms with Crippen LogP contribution in [0.15, 0.2) is 24.3 Å². The highest BCUT2D eigenvalue weighted by molar-refractivity contribution is 5.21. The summed E-state index contributed by atoms with van der Waals surface area (Å²) in [5.74, 6) is 1.27. The Balaban J connectivity index is 1.71. The molecule has 0 spiro atoms. The van der Waals surface area contributed by atoms with Gasteiger partial charge in [0.25, 0.3) is 0 Å². The molecule has 3 heteroatoms. The van der Waals surface area contributed by atoms with Gasteiger partial charge in [-0.25, -0.2) is 4.39 Å². The smallest absolute Gasteiger partial charge is 0.123 e. The molecule has 1 aromatic rings. The number of benzene rings is 1. The number of rotatable bonds is 4. The third-order valence-corrected chi connectivity index (χ3v) is 2.77. The number of ether oxygens (including phenoxy) is 1. The van der Waals surface area contributed by atoms with Gasteiger partial charge in [-0.15, -0.1) is 0 Å². The molecular formula is C12H16FNO. The van der Waals surface area contributed by atoms with Gasteiger partial charge in [0.15, 0.2) is 0 Å². The molecule has 1 aromatic carbocycles. The van der Waals surface area contributed by atoms with Crippen molar-refractivity contribution in [1.29, 1.82) is 0 Å². The van der Waals surface area contributed by atoms with Gasteiger partial charge in [0.2, 0.25) is 0 Å². The van der Waals surface area contributed by atoms with Crippen LogP contribution < -0.4 is 10.1 Å². The molecule has 1 saturated heterocycles. The van der Waals surface area contributed by atoms with E-state index in [9.17, 15) is 4.39 Å². The summed E-state index contributed by atoms with van der Waals surface area (Å²) in [6, 6.07) is 6.18. The summed E-state index contributed by atoms with van der Waals surface area (Å²) in [6.45, 7) is 2.95. The molecule has 0 saturated carbocycles. The number of hydrogen-bond donors (Lipinski definition) is 1. The molecule has 15 heavy (non-hydrogen) atoms. The van der Waals surface area contributed by atoms with Crippen molar-refractivity contribution < 1.29 is 9.13 Å². The average molecular weight is 209 g/mol. The number of hydrogen-bond acceptors (Lipinski definition) is 2. The van der Waals surface area contributed by atoms with Crippen LogP contribution >= 0.6 is 0 Å². The maximum Gasteiger partial charge on any atom is 0.123 e. The Bertz CT molecular complexity index is 293. The largest absolute Gasteiger partial charge is 0.494 e. The van der Waals surface area contributed by atoms with Crippen LogP contribution in [-0.2, 0) is 0 Å². The van der Waals surface area contributed by atoms with Crippen molar-refractivity contribution >= 4 is 0 Å². The first-order chi connectivity index (χ1) is 7.34. The van der Waals surface area contributed by atoms with Gasteiger partial charge in [-0.2, -0.15) is 0 Å². The van der Waals surface area contributed by atoms with E-state index in [1.807, 2.05) is 0 Å². The Hall–Kier alpha value is -1.09. The van der Waals surface area contributed by atoms with Gasteiger partial charge in [-0.05, 0) is 56.1 Å². The first kappa shape index (κ1) is 10.4. The standard InChI is InChI=1S/C12H16FNO/c13-11-1-3-12(4-2-11)15-8-6-10-5-7-14-9-10/h1-4,10,14H,5-9H2. The highest BCUT2D eigenvalue weighted by atomic mass is 19.1. The van der Waals surface area contributed by atoms with Gasteiger partial charge in [0.1, 0.15) is 11.6 Å². The number of nitrogens with one attached hydrogen (secondary N) is 1. The van der Waals surface area contributed by atoms with Crippen LogP contribution in [0.4, 0.5) is 4.39 Å². The second-order valence-electron chi connectivity index (χ2n) is 3.95. The molecule has 1 aliphatic rings. The van der Waals surface area contributed by atoms with Crippen LogP contribution in [0.25, 0.3) is 0 Å². The second-order valence-corrected chi connectivity index (χ2v) is 3.95. The predicted octanol–water partition coefficient (Wildman–Crippen LogP) is 2.20. The molecule has 0 amide bonds. The zero-order valence-electron chi connectivity index (χ0n) is 8.71. The van der Waals surface area contributed by atoms with Crippen LogP contribution in [0.5, 0.6) is 5.75 Å². The first-order valence-electron chi connectivity index (χ1n) is 5.44. The summed E-state index contributed by atoms with van der Waals surface area (Å²) in [4.78, 5) is 0. The lowest BCUT2D eigenvalue weighted by atomic mass is 10.1. The highest BCUT2D eigenvalue weighted by Gasteiger charge is 2.13. The lowest BCUT2D eigenvalue weighted by molar-refractivity contribution is 0.283. The van der Waals surface area contributed by atoms with E-state index in [1.165, 1.54) is 18.6 Å². The maximum absolute atomic E-state index is 12.6. The Kier molecular flexibility index (Phi) is 3.56. The van der Waals surface area contributed by atoms with Crippen molar-refractivity contribution in [3.63, 3.8) is 0 Å². The van der Waals surface area contributed by atoms with Crippen molar-refractivity contribution in [2.75, 3.05) is 19.7 Å². The molecule has 1 unspecified atom stereocenters. The zero-order valence-corrected chi connectivity index (χ0v) is 8.71. The zero-order chi connectivity index (χ0) is 10.5. The van der Waals surface area contributed by atoms with Gasteiger partial charge < -0.3 is 10.1 Å². The quantitative estimate of drug-likeness (QED) is 0.820. The minimum atomic E-state index is -0.220. The fourth-order valence-corrected chi connectivity index (χ4v) is 1.84. The van der Waals surface area contributed by atoms with Crippen LogP contribution in [-0.4, -0.2) is 19.7 Å². The van der Waals surface area contributed by atoms with Crippen LogP contribution in [0.1, 0.15) is 12.8 Å². The van der Waals surface area contributed by atoms with Crippen molar-refractivity contribution in [1.82, 2.24) is 5.32 Å². The van der Waals surface area contributed by atoms with Crippen molar-refractivity contribution in [2.24, 2.45) is 5.92 Å².